The molecule has 2 aromatic rings. The van der Waals surface area contributed by atoms with Crippen LogP contribution in [0.2, 0.25) is 0 Å². The normalized spacial score (nSPS) is 16.7. The third kappa shape index (κ3) is 2.43. The fourth-order valence-corrected chi connectivity index (χ4v) is 3.02. The maximum absolute atomic E-state index is 4.58. The lowest BCUT2D eigenvalue weighted by atomic mass is 9.90. The highest BCUT2D eigenvalue weighted by atomic mass is 14.9. The maximum atomic E-state index is 4.58. The number of nitrogens with zero attached hydrogens (tertiary/aromatic N) is 1. The zero-order valence-electron chi connectivity index (χ0n) is 11.7. The Bertz CT molecular complexity index is 565. The van der Waals surface area contributed by atoms with Gasteiger partial charge >= 0.3 is 0 Å². The third-order valence-electron chi connectivity index (χ3n) is 4.05. The van der Waals surface area contributed by atoms with Gasteiger partial charge in [0.1, 0.15) is 0 Å². The topological polar surface area (TPSA) is 40.7 Å². The Hall–Kier alpha value is -1.61. The molecule has 1 saturated heterocycles. The van der Waals surface area contributed by atoms with Crippen molar-refractivity contribution in [3.8, 4) is 11.3 Å². The molecule has 0 unspecified atom stereocenters. The number of hydrogen-bond donors (Lipinski definition) is 2. The quantitative estimate of drug-likeness (QED) is 0.865. The fraction of sp³-hybridized carbons (Fsp3) is 0.438. The Labute approximate surface area is 114 Å². The van der Waals surface area contributed by atoms with Crippen molar-refractivity contribution in [3.63, 3.8) is 0 Å². The van der Waals surface area contributed by atoms with Gasteiger partial charge < -0.3 is 10.3 Å². The highest BCUT2D eigenvalue weighted by Crippen LogP contribution is 2.33. The van der Waals surface area contributed by atoms with E-state index in [-0.39, 0.29) is 0 Å². The largest absolute Gasteiger partial charge is 0.348 e. The molecule has 3 heteroatoms. The van der Waals surface area contributed by atoms with E-state index in [4.69, 9.17) is 0 Å². The van der Waals surface area contributed by atoms with Gasteiger partial charge in [0, 0.05) is 17.2 Å². The molecule has 0 atom stereocenters. The van der Waals surface area contributed by atoms with Crippen molar-refractivity contribution in [2.45, 2.75) is 32.6 Å². The van der Waals surface area contributed by atoms with Crippen LogP contribution in [0.3, 0.4) is 0 Å². The van der Waals surface area contributed by atoms with Crippen molar-refractivity contribution in [1.82, 2.24) is 15.3 Å². The summed E-state index contributed by atoms with van der Waals surface area (Å²) >= 11 is 0. The smallest absolute Gasteiger partial charge is 0.0929 e. The molecule has 0 spiro atoms. The molecule has 0 aliphatic carbocycles. The summed E-state index contributed by atoms with van der Waals surface area (Å²) in [6.07, 6.45) is 4.23. The van der Waals surface area contributed by atoms with Crippen LogP contribution in [0.1, 0.15) is 35.6 Å². The number of benzene rings is 1. The molecular formula is C16H21N3. The molecule has 0 bridgehead atoms. The number of piperidine rings is 1. The predicted molar refractivity (Wildman–Crippen MR) is 78.3 cm³/mol. The number of aromatic amines is 1. The predicted octanol–water partition coefficient (Wildman–Crippen LogP) is 3.16. The van der Waals surface area contributed by atoms with Gasteiger partial charge in [-0.15, -0.1) is 0 Å². The van der Waals surface area contributed by atoms with Crippen LogP contribution >= 0.6 is 0 Å². The summed E-state index contributed by atoms with van der Waals surface area (Å²) < 4.78 is 0. The molecular weight excluding hydrogens is 234 g/mol. The number of imidazole rings is 1. The van der Waals surface area contributed by atoms with Crippen LogP contribution < -0.4 is 5.32 Å². The van der Waals surface area contributed by atoms with Gasteiger partial charge in [0.25, 0.3) is 0 Å². The van der Waals surface area contributed by atoms with Crippen LogP contribution in [0.25, 0.3) is 11.3 Å². The van der Waals surface area contributed by atoms with Crippen LogP contribution in [0, 0.1) is 13.8 Å². The van der Waals surface area contributed by atoms with E-state index in [0.29, 0.717) is 5.92 Å². The maximum Gasteiger partial charge on any atom is 0.0929 e. The average molecular weight is 255 g/mol. The number of aromatic nitrogens is 2. The first kappa shape index (κ1) is 12.4. The van der Waals surface area contributed by atoms with Gasteiger partial charge in [-0.3, -0.25) is 0 Å². The number of rotatable bonds is 2. The van der Waals surface area contributed by atoms with Crippen LogP contribution in [0.4, 0.5) is 0 Å². The van der Waals surface area contributed by atoms with Gasteiger partial charge in [-0.1, -0.05) is 23.8 Å². The van der Waals surface area contributed by atoms with E-state index in [1.165, 1.54) is 35.2 Å². The number of nitrogens with one attached hydrogen (secondary N) is 2. The summed E-state index contributed by atoms with van der Waals surface area (Å²) in [7, 11) is 0. The summed E-state index contributed by atoms with van der Waals surface area (Å²) in [5.41, 5.74) is 6.33. The van der Waals surface area contributed by atoms with Gasteiger partial charge in [-0.2, -0.15) is 0 Å². The second kappa shape index (κ2) is 5.17. The first-order valence-electron chi connectivity index (χ1n) is 7.07. The molecule has 2 N–H and O–H groups in total. The van der Waals surface area contributed by atoms with Crippen molar-refractivity contribution < 1.29 is 0 Å². The first-order chi connectivity index (χ1) is 9.25. The van der Waals surface area contributed by atoms with Gasteiger partial charge in [-0.25, -0.2) is 4.98 Å². The highest BCUT2D eigenvalue weighted by molar-refractivity contribution is 5.66. The Kier molecular flexibility index (Phi) is 3.38. The minimum absolute atomic E-state index is 0.611. The molecule has 0 saturated carbocycles. The Morgan fingerprint density at radius 3 is 2.68 bits per heavy atom. The number of aryl methyl sites for hydroxylation is 2. The Balaban J connectivity index is 1.99. The van der Waals surface area contributed by atoms with E-state index in [1.54, 1.807) is 0 Å². The molecule has 1 aromatic heterocycles. The van der Waals surface area contributed by atoms with Crippen LogP contribution in [0.15, 0.2) is 24.5 Å². The second-order valence-electron chi connectivity index (χ2n) is 5.51. The van der Waals surface area contributed by atoms with E-state index >= 15 is 0 Å². The van der Waals surface area contributed by atoms with E-state index in [2.05, 4.69) is 47.3 Å². The average Bonchev–Trinajstić information content (AvgIpc) is 2.89. The lowest BCUT2D eigenvalue weighted by Gasteiger charge is -2.22. The van der Waals surface area contributed by atoms with E-state index in [1.807, 2.05) is 6.33 Å². The lowest BCUT2D eigenvalue weighted by molar-refractivity contribution is 0.455. The summed E-state index contributed by atoms with van der Waals surface area (Å²) in [6, 6.07) is 6.60. The zero-order valence-corrected chi connectivity index (χ0v) is 11.7. The van der Waals surface area contributed by atoms with E-state index < -0.39 is 0 Å². The summed E-state index contributed by atoms with van der Waals surface area (Å²) in [5, 5.41) is 3.42. The van der Waals surface area contributed by atoms with Gasteiger partial charge in [0.05, 0.1) is 12.0 Å². The van der Waals surface area contributed by atoms with Gasteiger partial charge in [-0.05, 0) is 45.3 Å². The SMILES string of the molecule is Cc1ccc(-c2nc[nH]c2C2CCNCC2)c(C)c1. The summed E-state index contributed by atoms with van der Waals surface area (Å²) in [5.74, 6) is 0.611. The van der Waals surface area contributed by atoms with Crippen molar-refractivity contribution in [3.05, 3.63) is 41.3 Å². The minimum atomic E-state index is 0.611. The zero-order chi connectivity index (χ0) is 13.2. The Morgan fingerprint density at radius 2 is 1.95 bits per heavy atom. The number of hydrogen-bond acceptors (Lipinski definition) is 2. The molecule has 1 aliphatic rings. The molecule has 1 aromatic carbocycles. The first-order valence-corrected chi connectivity index (χ1v) is 7.07. The highest BCUT2D eigenvalue weighted by Gasteiger charge is 2.21. The molecule has 19 heavy (non-hydrogen) atoms. The lowest BCUT2D eigenvalue weighted by Crippen LogP contribution is -2.27. The molecule has 3 rings (SSSR count). The Morgan fingerprint density at radius 1 is 1.16 bits per heavy atom. The van der Waals surface area contributed by atoms with Crippen molar-refractivity contribution in [2.75, 3.05) is 13.1 Å². The minimum Gasteiger partial charge on any atom is -0.348 e. The summed E-state index contributed by atoms with van der Waals surface area (Å²) in [6.45, 7) is 6.52. The molecule has 100 valence electrons. The number of H-pyrrole nitrogens is 1. The molecule has 0 amide bonds. The molecule has 3 nitrogen and oxygen atoms in total. The van der Waals surface area contributed by atoms with Crippen LogP contribution in [0.5, 0.6) is 0 Å². The van der Waals surface area contributed by atoms with Gasteiger partial charge in [0.15, 0.2) is 0 Å². The van der Waals surface area contributed by atoms with Crippen molar-refractivity contribution in [2.24, 2.45) is 0 Å². The molecule has 2 heterocycles. The van der Waals surface area contributed by atoms with Crippen LogP contribution in [-0.4, -0.2) is 23.1 Å². The van der Waals surface area contributed by atoms with Crippen LogP contribution in [-0.2, 0) is 0 Å². The molecule has 1 fully saturated rings. The monoisotopic (exact) mass is 255 g/mol. The standard InChI is InChI=1S/C16H21N3/c1-11-3-4-14(12(2)9-11)16-15(18-10-19-16)13-5-7-17-8-6-13/h3-4,9-10,13,17H,5-8H2,1-2H3,(H,18,19). The summed E-state index contributed by atoms with van der Waals surface area (Å²) in [4.78, 5) is 7.95. The van der Waals surface area contributed by atoms with E-state index in [9.17, 15) is 0 Å². The van der Waals surface area contributed by atoms with E-state index in [0.717, 1.165) is 18.8 Å². The third-order valence-corrected chi connectivity index (χ3v) is 4.05. The van der Waals surface area contributed by atoms with Crippen molar-refractivity contribution >= 4 is 0 Å². The van der Waals surface area contributed by atoms with Gasteiger partial charge in [0.2, 0.25) is 0 Å². The molecule has 0 radical (unpaired) electrons. The molecule has 1 aliphatic heterocycles. The fourth-order valence-electron chi connectivity index (χ4n) is 3.02. The second-order valence-corrected chi connectivity index (χ2v) is 5.51. The van der Waals surface area contributed by atoms with Crippen molar-refractivity contribution in [1.29, 1.82) is 0 Å².